The van der Waals surface area contributed by atoms with Crippen molar-refractivity contribution < 1.29 is 13.9 Å². The molecule has 0 aromatic carbocycles. The first-order valence-electron chi connectivity index (χ1n) is 11.7. The van der Waals surface area contributed by atoms with Crippen LogP contribution in [-0.2, 0) is 16.1 Å². The number of amides is 1. The maximum absolute atomic E-state index is 14.4. The molecule has 0 saturated carbocycles. The summed E-state index contributed by atoms with van der Waals surface area (Å²) in [6.07, 6.45) is 4.80. The normalized spacial score (nSPS) is 26.4. The first kappa shape index (κ1) is 23.8. The number of rotatable bonds is 5. The molecule has 3 aliphatic rings. The predicted octanol–water partition coefficient (Wildman–Crippen LogP) is 3.75. The number of ether oxygens (including phenoxy) is 1. The van der Waals surface area contributed by atoms with Crippen LogP contribution in [0.5, 0.6) is 0 Å². The van der Waals surface area contributed by atoms with Crippen LogP contribution in [0, 0.1) is 17.7 Å². The number of halogens is 1. The molecule has 4 rings (SSSR count). The number of hydrogen-bond acceptors (Lipinski definition) is 6. The van der Waals surface area contributed by atoms with Crippen LogP contribution in [0.25, 0.3) is 0 Å². The van der Waals surface area contributed by atoms with Gasteiger partial charge in [0.2, 0.25) is 5.91 Å². The molecular formula is C25H36FN5O2. The number of carbonyl (C=O) groups is 1. The molecule has 1 fully saturated rings. The first-order valence-corrected chi connectivity index (χ1v) is 11.7. The van der Waals surface area contributed by atoms with Gasteiger partial charge in [0.1, 0.15) is 6.61 Å². The van der Waals surface area contributed by atoms with Crippen LogP contribution in [0.2, 0.25) is 0 Å². The van der Waals surface area contributed by atoms with Crippen molar-refractivity contribution in [3.8, 4) is 0 Å². The van der Waals surface area contributed by atoms with Crippen molar-refractivity contribution in [1.29, 1.82) is 0 Å². The molecule has 7 nitrogen and oxygen atoms in total. The van der Waals surface area contributed by atoms with Gasteiger partial charge in [-0.15, -0.1) is 0 Å². The lowest BCUT2D eigenvalue weighted by Gasteiger charge is -2.48. The molecule has 2 aliphatic heterocycles. The minimum Gasteiger partial charge on any atom is -0.377 e. The third-order valence-corrected chi connectivity index (χ3v) is 7.83. The summed E-state index contributed by atoms with van der Waals surface area (Å²) < 4.78 is 19.5. The van der Waals surface area contributed by atoms with Crippen LogP contribution >= 0.6 is 0 Å². The molecule has 1 aliphatic carbocycles. The second-order valence-electron chi connectivity index (χ2n) is 10.8. The highest BCUT2D eigenvalue weighted by Gasteiger charge is 2.49. The number of anilines is 1. The van der Waals surface area contributed by atoms with Gasteiger partial charge in [0.15, 0.2) is 17.5 Å². The molecule has 33 heavy (non-hydrogen) atoms. The minimum atomic E-state index is -0.516. The Labute approximate surface area is 196 Å². The van der Waals surface area contributed by atoms with Crippen LogP contribution in [0.4, 0.5) is 10.2 Å². The Morgan fingerprint density at radius 3 is 2.76 bits per heavy atom. The Bertz CT molecular complexity index is 1020. The van der Waals surface area contributed by atoms with Crippen molar-refractivity contribution in [2.45, 2.75) is 65.1 Å². The number of aromatic nitrogens is 2. The second-order valence-corrected chi connectivity index (χ2v) is 10.8. The third-order valence-electron chi connectivity index (χ3n) is 7.83. The van der Waals surface area contributed by atoms with Gasteiger partial charge in [-0.3, -0.25) is 4.79 Å². The summed E-state index contributed by atoms with van der Waals surface area (Å²) in [6.45, 7) is 12.5. The van der Waals surface area contributed by atoms with Crippen LogP contribution in [0.3, 0.4) is 0 Å². The zero-order valence-corrected chi connectivity index (χ0v) is 20.8. The summed E-state index contributed by atoms with van der Waals surface area (Å²) in [5, 5.41) is 3.16. The molecule has 0 bridgehead atoms. The number of nitrogens with one attached hydrogen (secondary N) is 1. The average molecular weight is 458 g/mol. The van der Waals surface area contributed by atoms with E-state index in [1.54, 1.807) is 7.11 Å². The van der Waals surface area contributed by atoms with E-state index in [9.17, 15) is 9.18 Å². The van der Waals surface area contributed by atoms with E-state index in [0.717, 1.165) is 36.9 Å². The SMILES string of the molecule is COCc1ncc(F)c(NC2=CCC3=C2CN(C(=O)C2CC(C)(C)N(C)C[C@@H]2C)C3(C)C)n1. The van der Waals surface area contributed by atoms with E-state index in [-0.39, 0.29) is 35.3 Å². The summed E-state index contributed by atoms with van der Waals surface area (Å²) in [6, 6.07) is 0. The molecule has 1 amide bonds. The Morgan fingerprint density at radius 1 is 1.33 bits per heavy atom. The van der Waals surface area contributed by atoms with E-state index in [4.69, 9.17) is 4.74 Å². The molecule has 1 saturated heterocycles. The van der Waals surface area contributed by atoms with Gasteiger partial charge in [0, 0.05) is 37.4 Å². The van der Waals surface area contributed by atoms with Crippen LogP contribution in [0.15, 0.2) is 29.1 Å². The first-order chi connectivity index (χ1) is 15.5. The number of nitrogens with zero attached hydrogens (tertiary/aromatic N) is 4. The minimum absolute atomic E-state index is 0.00759. The Morgan fingerprint density at radius 2 is 2.06 bits per heavy atom. The number of methoxy groups -OCH3 is 1. The monoisotopic (exact) mass is 457 g/mol. The van der Waals surface area contributed by atoms with Gasteiger partial charge < -0.3 is 19.9 Å². The van der Waals surface area contributed by atoms with E-state index in [0.29, 0.717) is 18.3 Å². The molecule has 3 heterocycles. The predicted molar refractivity (Wildman–Crippen MR) is 126 cm³/mol. The summed E-state index contributed by atoms with van der Waals surface area (Å²) in [5.41, 5.74) is 2.71. The standard InChI is InChI=1S/C25H36FN5O2/c1-15-12-30(6)24(2,3)10-16(15)23(32)31-13-17-18(25(31,4)5)8-9-20(17)28-22-19(26)11-27-21(29-22)14-33-7/h9,11,15-16H,8,10,12-14H2,1-7H3,(H,27,28,29)/t15-,16?/m0/s1. The summed E-state index contributed by atoms with van der Waals surface area (Å²) >= 11 is 0. The second kappa shape index (κ2) is 8.47. The van der Waals surface area contributed by atoms with Gasteiger partial charge >= 0.3 is 0 Å². The molecule has 1 aromatic heterocycles. The van der Waals surface area contributed by atoms with Crippen LogP contribution < -0.4 is 5.32 Å². The summed E-state index contributed by atoms with van der Waals surface area (Å²) in [5.74, 6) is 0.536. The molecule has 180 valence electrons. The molecule has 1 aromatic rings. The van der Waals surface area contributed by atoms with Crippen molar-refractivity contribution in [2.24, 2.45) is 11.8 Å². The third kappa shape index (κ3) is 4.19. The maximum Gasteiger partial charge on any atom is 0.227 e. The molecular weight excluding hydrogens is 421 g/mol. The Balaban J connectivity index is 1.54. The fourth-order valence-electron chi connectivity index (χ4n) is 5.46. The van der Waals surface area contributed by atoms with Crippen molar-refractivity contribution in [3.05, 3.63) is 40.8 Å². The Kier molecular flexibility index (Phi) is 6.12. The van der Waals surface area contributed by atoms with E-state index in [2.05, 4.69) is 67.9 Å². The molecule has 0 spiro atoms. The van der Waals surface area contributed by atoms with Crippen LogP contribution in [0.1, 0.15) is 53.3 Å². The fourth-order valence-corrected chi connectivity index (χ4v) is 5.46. The zero-order chi connectivity index (χ0) is 24.1. The number of likely N-dealkylation sites (tertiary alicyclic amines) is 1. The van der Waals surface area contributed by atoms with Gasteiger partial charge in [-0.25, -0.2) is 14.4 Å². The molecule has 1 N–H and O–H groups in total. The van der Waals surface area contributed by atoms with Gasteiger partial charge in [0.25, 0.3) is 0 Å². The van der Waals surface area contributed by atoms with Crippen molar-refractivity contribution >= 4 is 11.7 Å². The lowest BCUT2D eigenvalue weighted by molar-refractivity contribution is -0.144. The lowest BCUT2D eigenvalue weighted by atomic mass is 9.76. The quantitative estimate of drug-likeness (QED) is 0.726. The number of allylic oxidation sites excluding steroid dienone is 1. The van der Waals surface area contributed by atoms with Crippen molar-refractivity contribution in [3.63, 3.8) is 0 Å². The molecule has 1 unspecified atom stereocenters. The van der Waals surface area contributed by atoms with E-state index in [1.807, 2.05) is 4.90 Å². The lowest BCUT2D eigenvalue weighted by Crippen LogP contribution is -2.57. The highest BCUT2D eigenvalue weighted by atomic mass is 19.1. The summed E-state index contributed by atoms with van der Waals surface area (Å²) in [7, 11) is 3.69. The largest absolute Gasteiger partial charge is 0.377 e. The highest BCUT2D eigenvalue weighted by molar-refractivity contribution is 5.83. The fraction of sp³-hybridized carbons (Fsp3) is 0.640. The highest BCUT2D eigenvalue weighted by Crippen LogP contribution is 2.45. The smallest absolute Gasteiger partial charge is 0.227 e. The Hall–Kier alpha value is -2.32. The zero-order valence-electron chi connectivity index (χ0n) is 20.8. The van der Waals surface area contributed by atoms with Crippen molar-refractivity contribution in [1.82, 2.24) is 19.8 Å². The number of carbonyl (C=O) groups excluding carboxylic acids is 1. The van der Waals surface area contributed by atoms with Crippen molar-refractivity contribution in [2.75, 3.05) is 32.6 Å². The number of piperidine rings is 1. The van der Waals surface area contributed by atoms with E-state index in [1.165, 1.54) is 5.57 Å². The van der Waals surface area contributed by atoms with Gasteiger partial charge in [-0.2, -0.15) is 0 Å². The molecule has 0 radical (unpaired) electrons. The van der Waals surface area contributed by atoms with E-state index >= 15 is 0 Å². The maximum atomic E-state index is 14.4. The van der Waals surface area contributed by atoms with E-state index < -0.39 is 5.82 Å². The average Bonchev–Trinajstić information content (AvgIpc) is 3.25. The molecule has 8 heteroatoms. The van der Waals surface area contributed by atoms with Gasteiger partial charge in [-0.1, -0.05) is 13.0 Å². The number of hydrogen-bond donors (Lipinski definition) is 1. The summed E-state index contributed by atoms with van der Waals surface area (Å²) in [4.78, 5) is 26.4. The van der Waals surface area contributed by atoms with Gasteiger partial charge in [0.05, 0.1) is 11.7 Å². The topological polar surface area (TPSA) is 70.6 Å². The van der Waals surface area contributed by atoms with Gasteiger partial charge in [-0.05, 0) is 64.6 Å². The molecule has 2 atom stereocenters. The van der Waals surface area contributed by atoms with Crippen LogP contribution in [-0.4, -0.2) is 64.0 Å².